The van der Waals surface area contributed by atoms with Crippen molar-refractivity contribution >= 4 is 11.3 Å². The quantitative estimate of drug-likeness (QED) is 0.888. The first-order chi connectivity index (χ1) is 9.04. The minimum Gasteiger partial charge on any atom is -0.311 e. The van der Waals surface area contributed by atoms with Crippen molar-refractivity contribution in [2.45, 2.75) is 65.1 Å². The first-order valence-corrected chi connectivity index (χ1v) is 8.41. The molecule has 1 aromatic rings. The first kappa shape index (κ1) is 15.0. The second kappa shape index (κ2) is 6.87. The molecule has 0 spiro atoms. The number of rotatable bonds is 5. The molecule has 2 heterocycles. The highest BCUT2D eigenvalue weighted by Gasteiger charge is 2.21. The van der Waals surface area contributed by atoms with Crippen molar-refractivity contribution in [3.63, 3.8) is 0 Å². The lowest BCUT2D eigenvalue weighted by atomic mass is 10.0. The number of hydrogen-bond donors (Lipinski definition) is 1. The molecule has 0 bridgehead atoms. The maximum absolute atomic E-state index is 3.82. The molecule has 1 aromatic heterocycles. The summed E-state index contributed by atoms with van der Waals surface area (Å²) in [6, 6.07) is 6.51. The molecule has 1 aliphatic rings. The van der Waals surface area contributed by atoms with Gasteiger partial charge >= 0.3 is 0 Å². The fraction of sp³-hybridized carbons (Fsp3) is 0.750. The largest absolute Gasteiger partial charge is 0.311 e. The van der Waals surface area contributed by atoms with Crippen molar-refractivity contribution in [3.05, 3.63) is 21.9 Å². The summed E-state index contributed by atoms with van der Waals surface area (Å²) in [5, 5.41) is 3.82. The van der Waals surface area contributed by atoms with E-state index >= 15 is 0 Å². The number of nitrogens with zero attached hydrogens (tertiary/aromatic N) is 1. The molecule has 19 heavy (non-hydrogen) atoms. The van der Waals surface area contributed by atoms with E-state index in [1.165, 1.54) is 42.1 Å². The summed E-state index contributed by atoms with van der Waals surface area (Å²) in [7, 11) is 0. The fourth-order valence-electron chi connectivity index (χ4n) is 2.94. The van der Waals surface area contributed by atoms with E-state index in [2.05, 4.69) is 50.0 Å². The molecule has 2 rings (SSSR count). The summed E-state index contributed by atoms with van der Waals surface area (Å²) in [4.78, 5) is 5.52. The van der Waals surface area contributed by atoms with Crippen molar-refractivity contribution in [2.24, 2.45) is 0 Å². The van der Waals surface area contributed by atoms with Crippen LogP contribution in [0.5, 0.6) is 0 Å². The predicted octanol–water partition coefficient (Wildman–Crippen LogP) is 3.45. The van der Waals surface area contributed by atoms with Crippen molar-refractivity contribution in [3.8, 4) is 0 Å². The molecule has 1 N–H and O–H groups in total. The van der Waals surface area contributed by atoms with E-state index in [1.807, 2.05) is 11.3 Å². The van der Waals surface area contributed by atoms with Crippen LogP contribution < -0.4 is 5.32 Å². The standard InChI is InChI=1S/C16H28N2S/c1-12(2)18-9-7-15(8-10-18)17-13(3)11-16-6-5-14(4)19-16/h5-6,12-13,15,17H,7-11H2,1-4H3. The van der Waals surface area contributed by atoms with E-state index < -0.39 is 0 Å². The highest BCUT2D eigenvalue weighted by atomic mass is 32.1. The van der Waals surface area contributed by atoms with Gasteiger partial charge in [-0.1, -0.05) is 0 Å². The van der Waals surface area contributed by atoms with Gasteiger partial charge in [0.25, 0.3) is 0 Å². The van der Waals surface area contributed by atoms with Gasteiger partial charge in [0.1, 0.15) is 0 Å². The summed E-state index contributed by atoms with van der Waals surface area (Å²) in [5.41, 5.74) is 0. The molecule has 2 nitrogen and oxygen atoms in total. The SMILES string of the molecule is Cc1ccc(CC(C)NC2CCN(C(C)C)CC2)s1. The first-order valence-electron chi connectivity index (χ1n) is 7.60. The van der Waals surface area contributed by atoms with Gasteiger partial charge in [0.2, 0.25) is 0 Å². The Balaban J connectivity index is 1.73. The summed E-state index contributed by atoms with van der Waals surface area (Å²) in [6.07, 6.45) is 3.76. The van der Waals surface area contributed by atoms with Crippen molar-refractivity contribution in [1.82, 2.24) is 10.2 Å². The average molecular weight is 280 g/mol. The maximum Gasteiger partial charge on any atom is 0.00940 e. The van der Waals surface area contributed by atoms with Gasteiger partial charge < -0.3 is 10.2 Å². The zero-order chi connectivity index (χ0) is 13.8. The van der Waals surface area contributed by atoms with Crippen LogP contribution in [-0.4, -0.2) is 36.1 Å². The predicted molar refractivity (Wildman–Crippen MR) is 85.1 cm³/mol. The van der Waals surface area contributed by atoms with Gasteiger partial charge in [-0.15, -0.1) is 11.3 Å². The highest BCUT2D eigenvalue weighted by molar-refractivity contribution is 7.11. The Bertz CT molecular complexity index is 378. The maximum atomic E-state index is 3.82. The Morgan fingerprint density at radius 1 is 1.26 bits per heavy atom. The summed E-state index contributed by atoms with van der Waals surface area (Å²) in [5.74, 6) is 0. The second-order valence-electron chi connectivity index (χ2n) is 6.19. The molecule has 1 saturated heterocycles. The van der Waals surface area contributed by atoms with Crippen LogP contribution in [0.3, 0.4) is 0 Å². The molecule has 0 aromatic carbocycles. The van der Waals surface area contributed by atoms with Crippen LogP contribution in [-0.2, 0) is 6.42 Å². The lowest BCUT2D eigenvalue weighted by molar-refractivity contribution is 0.157. The smallest absolute Gasteiger partial charge is 0.00940 e. The number of thiophene rings is 1. The molecule has 0 radical (unpaired) electrons. The third kappa shape index (κ3) is 4.59. The van der Waals surface area contributed by atoms with E-state index in [0.717, 1.165) is 0 Å². The van der Waals surface area contributed by atoms with Gasteiger partial charge in [0.15, 0.2) is 0 Å². The second-order valence-corrected chi connectivity index (χ2v) is 7.56. The van der Waals surface area contributed by atoms with Crippen LogP contribution in [0.4, 0.5) is 0 Å². The van der Waals surface area contributed by atoms with E-state index in [1.54, 1.807) is 0 Å². The van der Waals surface area contributed by atoms with Gasteiger partial charge in [-0.05, 0) is 72.2 Å². The zero-order valence-corrected chi connectivity index (χ0v) is 13.6. The Labute approximate surface area is 122 Å². The normalized spacial score (nSPS) is 20.1. The molecule has 0 aliphatic carbocycles. The van der Waals surface area contributed by atoms with Crippen LogP contribution in [0.25, 0.3) is 0 Å². The zero-order valence-electron chi connectivity index (χ0n) is 12.8. The molecular formula is C16H28N2S. The molecule has 1 aliphatic heterocycles. The molecule has 1 unspecified atom stereocenters. The molecular weight excluding hydrogens is 252 g/mol. The Morgan fingerprint density at radius 3 is 2.47 bits per heavy atom. The Morgan fingerprint density at radius 2 is 1.95 bits per heavy atom. The molecule has 1 fully saturated rings. The molecule has 108 valence electrons. The summed E-state index contributed by atoms with van der Waals surface area (Å²) >= 11 is 1.93. The van der Waals surface area contributed by atoms with Gasteiger partial charge in [-0.2, -0.15) is 0 Å². The van der Waals surface area contributed by atoms with Crippen molar-refractivity contribution in [2.75, 3.05) is 13.1 Å². The number of nitrogens with one attached hydrogen (secondary N) is 1. The van der Waals surface area contributed by atoms with Gasteiger partial charge in [0, 0.05) is 27.9 Å². The topological polar surface area (TPSA) is 15.3 Å². The van der Waals surface area contributed by atoms with Gasteiger partial charge in [-0.25, -0.2) is 0 Å². The molecule has 1 atom stereocenters. The molecule has 3 heteroatoms. The Kier molecular flexibility index (Phi) is 5.43. The number of piperidine rings is 1. The van der Waals surface area contributed by atoms with Gasteiger partial charge in [-0.3, -0.25) is 0 Å². The third-order valence-corrected chi connectivity index (χ3v) is 5.11. The summed E-state index contributed by atoms with van der Waals surface area (Å²) in [6.45, 7) is 11.6. The van der Waals surface area contributed by atoms with Crippen LogP contribution in [0, 0.1) is 6.92 Å². The van der Waals surface area contributed by atoms with Crippen molar-refractivity contribution in [1.29, 1.82) is 0 Å². The summed E-state index contributed by atoms with van der Waals surface area (Å²) < 4.78 is 0. The van der Waals surface area contributed by atoms with E-state index in [4.69, 9.17) is 0 Å². The molecule has 0 amide bonds. The van der Waals surface area contributed by atoms with Crippen LogP contribution in [0.1, 0.15) is 43.4 Å². The van der Waals surface area contributed by atoms with Crippen molar-refractivity contribution < 1.29 is 0 Å². The average Bonchev–Trinajstić information content (AvgIpc) is 2.75. The van der Waals surface area contributed by atoms with E-state index in [-0.39, 0.29) is 0 Å². The van der Waals surface area contributed by atoms with Gasteiger partial charge in [0.05, 0.1) is 0 Å². The molecule has 0 saturated carbocycles. The van der Waals surface area contributed by atoms with Crippen LogP contribution >= 0.6 is 11.3 Å². The minimum absolute atomic E-state index is 0.591. The lowest BCUT2D eigenvalue weighted by Gasteiger charge is -2.36. The highest BCUT2D eigenvalue weighted by Crippen LogP contribution is 2.18. The third-order valence-electron chi connectivity index (χ3n) is 4.08. The Hall–Kier alpha value is -0.380. The fourth-order valence-corrected chi connectivity index (χ4v) is 3.96. The monoisotopic (exact) mass is 280 g/mol. The minimum atomic E-state index is 0.591. The van der Waals surface area contributed by atoms with E-state index in [9.17, 15) is 0 Å². The lowest BCUT2D eigenvalue weighted by Crippen LogP contribution is -2.47. The number of aryl methyl sites for hydroxylation is 1. The van der Waals surface area contributed by atoms with Crippen LogP contribution in [0.2, 0.25) is 0 Å². The van der Waals surface area contributed by atoms with Crippen LogP contribution in [0.15, 0.2) is 12.1 Å². The number of hydrogen-bond acceptors (Lipinski definition) is 3. The number of likely N-dealkylation sites (tertiary alicyclic amines) is 1. The van der Waals surface area contributed by atoms with E-state index in [0.29, 0.717) is 18.1 Å².